The molecule has 8 nitrogen and oxygen atoms in total. The fourth-order valence-corrected chi connectivity index (χ4v) is 2.40. The molecule has 4 N–H and O–H groups in total. The molecular weight excluding hydrogens is 256 g/mol. The molecule has 0 amide bonds. The fraction of sp³-hybridized carbons (Fsp3) is 0.583. The van der Waals surface area contributed by atoms with E-state index in [-0.39, 0.29) is 0 Å². The van der Waals surface area contributed by atoms with Gasteiger partial charge in [-0.25, -0.2) is 5.84 Å². The van der Waals surface area contributed by atoms with Gasteiger partial charge in [-0.2, -0.15) is 15.1 Å². The molecule has 0 spiro atoms. The summed E-state index contributed by atoms with van der Waals surface area (Å²) in [6, 6.07) is 0.314. The van der Waals surface area contributed by atoms with Gasteiger partial charge in [0.2, 0.25) is 5.95 Å². The Labute approximate surface area is 118 Å². The summed E-state index contributed by atoms with van der Waals surface area (Å²) in [4.78, 5) is 13.1. The van der Waals surface area contributed by atoms with Crippen molar-refractivity contribution in [1.82, 2.24) is 25.1 Å². The minimum absolute atomic E-state index is 0.314. The van der Waals surface area contributed by atoms with Crippen LogP contribution in [0.25, 0.3) is 11.0 Å². The molecule has 0 aromatic carbocycles. The Bertz CT molecular complexity index is 564. The van der Waals surface area contributed by atoms with Crippen LogP contribution in [0.4, 0.5) is 11.8 Å². The van der Waals surface area contributed by atoms with Gasteiger partial charge in [-0.05, 0) is 27.9 Å². The van der Waals surface area contributed by atoms with Crippen molar-refractivity contribution in [2.75, 3.05) is 37.5 Å². The molecule has 0 bridgehead atoms. The van der Waals surface area contributed by atoms with Gasteiger partial charge < -0.3 is 9.80 Å². The fourth-order valence-electron chi connectivity index (χ4n) is 2.40. The van der Waals surface area contributed by atoms with E-state index >= 15 is 0 Å². The Morgan fingerprint density at radius 3 is 2.75 bits per heavy atom. The van der Waals surface area contributed by atoms with E-state index in [4.69, 9.17) is 5.84 Å². The molecule has 0 saturated heterocycles. The van der Waals surface area contributed by atoms with Crippen LogP contribution in [0.5, 0.6) is 0 Å². The van der Waals surface area contributed by atoms with Crippen molar-refractivity contribution in [2.45, 2.75) is 19.9 Å². The van der Waals surface area contributed by atoms with Gasteiger partial charge in [0.05, 0.1) is 11.6 Å². The number of hydrogen-bond acceptors (Lipinski definition) is 7. The summed E-state index contributed by atoms with van der Waals surface area (Å²) in [6.07, 6.45) is 1.75. The summed E-state index contributed by atoms with van der Waals surface area (Å²) < 4.78 is 0. The third-order valence-corrected chi connectivity index (χ3v) is 3.19. The number of aromatic nitrogens is 4. The minimum Gasteiger partial charge on any atom is -0.352 e. The van der Waals surface area contributed by atoms with Crippen molar-refractivity contribution in [2.24, 2.45) is 5.84 Å². The zero-order chi connectivity index (χ0) is 14.7. The second-order valence-corrected chi connectivity index (χ2v) is 5.04. The van der Waals surface area contributed by atoms with Gasteiger partial charge in [-0.15, -0.1) is 0 Å². The lowest BCUT2D eigenvalue weighted by molar-refractivity contribution is 0.372. The maximum Gasteiger partial charge on any atom is 0.241 e. The monoisotopic (exact) mass is 278 g/mol. The highest BCUT2D eigenvalue weighted by Crippen LogP contribution is 2.25. The topological polar surface area (TPSA) is 99.0 Å². The number of nitrogen functional groups attached to an aromatic ring is 1. The first-order chi connectivity index (χ1) is 9.56. The van der Waals surface area contributed by atoms with Crippen molar-refractivity contribution >= 4 is 22.8 Å². The Balaban J connectivity index is 2.44. The van der Waals surface area contributed by atoms with Gasteiger partial charge in [0.15, 0.2) is 5.65 Å². The second kappa shape index (κ2) is 6.02. The van der Waals surface area contributed by atoms with Crippen LogP contribution in [0.15, 0.2) is 6.20 Å². The molecule has 110 valence electrons. The molecule has 0 aliphatic heterocycles. The maximum absolute atomic E-state index is 5.44. The quantitative estimate of drug-likeness (QED) is 0.520. The standard InChI is InChI=1S/C12H22N8/c1-5-20(8(2)7-19(3)4)11-9-6-14-18-10(9)15-12(16-11)17-13/h6,8H,5,7,13H2,1-4H3,(H2,14,15,16,17,18). The molecule has 2 aromatic rings. The molecule has 0 aliphatic rings. The van der Waals surface area contributed by atoms with Crippen LogP contribution in [0.2, 0.25) is 0 Å². The first kappa shape index (κ1) is 14.5. The largest absolute Gasteiger partial charge is 0.352 e. The van der Waals surface area contributed by atoms with E-state index in [9.17, 15) is 0 Å². The van der Waals surface area contributed by atoms with E-state index in [1.54, 1.807) is 6.20 Å². The summed E-state index contributed by atoms with van der Waals surface area (Å²) in [5.74, 6) is 6.66. The first-order valence-electron chi connectivity index (χ1n) is 6.65. The molecule has 0 radical (unpaired) electrons. The van der Waals surface area contributed by atoms with Crippen LogP contribution in [0.3, 0.4) is 0 Å². The molecule has 8 heteroatoms. The van der Waals surface area contributed by atoms with E-state index in [1.807, 2.05) is 0 Å². The van der Waals surface area contributed by atoms with Crippen LogP contribution in [-0.2, 0) is 0 Å². The minimum atomic E-state index is 0.314. The number of nitrogens with two attached hydrogens (primary N) is 1. The summed E-state index contributed by atoms with van der Waals surface area (Å²) in [6.45, 7) is 6.06. The smallest absolute Gasteiger partial charge is 0.241 e. The summed E-state index contributed by atoms with van der Waals surface area (Å²) in [5.41, 5.74) is 3.18. The van der Waals surface area contributed by atoms with E-state index < -0.39 is 0 Å². The molecule has 2 aromatic heterocycles. The number of aromatic amines is 1. The molecular formula is C12H22N8. The summed E-state index contributed by atoms with van der Waals surface area (Å²) >= 11 is 0. The van der Waals surface area contributed by atoms with Crippen molar-refractivity contribution in [3.8, 4) is 0 Å². The third-order valence-electron chi connectivity index (χ3n) is 3.19. The lowest BCUT2D eigenvalue weighted by atomic mass is 10.2. The van der Waals surface area contributed by atoms with Crippen molar-refractivity contribution in [3.05, 3.63) is 6.20 Å². The van der Waals surface area contributed by atoms with Crippen LogP contribution in [0, 0.1) is 0 Å². The number of fused-ring (bicyclic) bond motifs is 1. The van der Waals surface area contributed by atoms with Crippen LogP contribution < -0.4 is 16.2 Å². The number of likely N-dealkylation sites (N-methyl/N-ethyl adjacent to an activating group) is 2. The van der Waals surface area contributed by atoms with Crippen molar-refractivity contribution < 1.29 is 0 Å². The highest BCUT2D eigenvalue weighted by Gasteiger charge is 2.19. The van der Waals surface area contributed by atoms with Gasteiger partial charge in [0.25, 0.3) is 0 Å². The van der Waals surface area contributed by atoms with Crippen LogP contribution in [0.1, 0.15) is 13.8 Å². The zero-order valence-electron chi connectivity index (χ0n) is 12.4. The highest BCUT2D eigenvalue weighted by atomic mass is 15.3. The van der Waals surface area contributed by atoms with E-state index in [1.165, 1.54) is 0 Å². The normalized spacial score (nSPS) is 12.9. The number of anilines is 2. The van der Waals surface area contributed by atoms with Crippen LogP contribution in [-0.4, -0.2) is 58.3 Å². The van der Waals surface area contributed by atoms with E-state index in [0.29, 0.717) is 17.6 Å². The molecule has 0 saturated carbocycles. The lowest BCUT2D eigenvalue weighted by Crippen LogP contribution is -2.40. The Morgan fingerprint density at radius 1 is 1.40 bits per heavy atom. The highest BCUT2D eigenvalue weighted by molar-refractivity contribution is 5.87. The molecule has 1 unspecified atom stereocenters. The predicted molar refractivity (Wildman–Crippen MR) is 80.5 cm³/mol. The van der Waals surface area contributed by atoms with Crippen molar-refractivity contribution in [1.29, 1.82) is 0 Å². The second-order valence-electron chi connectivity index (χ2n) is 5.04. The molecule has 2 rings (SSSR count). The number of nitrogens with zero attached hydrogens (tertiary/aromatic N) is 5. The van der Waals surface area contributed by atoms with E-state index in [2.05, 4.69) is 63.3 Å². The Kier molecular flexibility index (Phi) is 4.35. The van der Waals surface area contributed by atoms with Gasteiger partial charge in [0, 0.05) is 19.1 Å². The van der Waals surface area contributed by atoms with Crippen LogP contribution >= 0.6 is 0 Å². The first-order valence-corrected chi connectivity index (χ1v) is 6.65. The summed E-state index contributed by atoms with van der Waals surface area (Å²) in [7, 11) is 4.12. The Morgan fingerprint density at radius 2 is 2.15 bits per heavy atom. The lowest BCUT2D eigenvalue weighted by Gasteiger charge is -2.31. The van der Waals surface area contributed by atoms with Crippen molar-refractivity contribution in [3.63, 3.8) is 0 Å². The number of rotatable bonds is 6. The number of H-pyrrole nitrogens is 1. The van der Waals surface area contributed by atoms with Gasteiger partial charge in [0.1, 0.15) is 5.82 Å². The van der Waals surface area contributed by atoms with Gasteiger partial charge in [-0.3, -0.25) is 10.5 Å². The van der Waals surface area contributed by atoms with E-state index in [0.717, 1.165) is 24.3 Å². The van der Waals surface area contributed by atoms with Gasteiger partial charge >= 0.3 is 0 Å². The Hall–Kier alpha value is -1.93. The maximum atomic E-state index is 5.44. The van der Waals surface area contributed by atoms with Gasteiger partial charge in [-0.1, -0.05) is 0 Å². The predicted octanol–water partition coefficient (Wildman–Crippen LogP) is 0.415. The molecule has 0 aliphatic carbocycles. The third kappa shape index (κ3) is 2.81. The molecule has 0 fully saturated rings. The average molecular weight is 278 g/mol. The SMILES string of the molecule is CCN(c1nc(NN)nc2[nH]ncc12)C(C)CN(C)C. The molecule has 1 atom stereocenters. The number of nitrogens with one attached hydrogen (secondary N) is 2. The summed E-state index contributed by atoms with van der Waals surface area (Å²) in [5, 5.41) is 7.80. The zero-order valence-corrected chi connectivity index (χ0v) is 12.4. The average Bonchev–Trinajstić information content (AvgIpc) is 2.86. The number of hydrazine groups is 1. The molecule has 20 heavy (non-hydrogen) atoms. The molecule has 2 heterocycles. The number of hydrogen-bond donors (Lipinski definition) is 3.